The van der Waals surface area contributed by atoms with E-state index in [1.54, 1.807) is 0 Å². The van der Waals surface area contributed by atoms with E-state index in [-0.39, 0.29) is 11.9 Å². The second-order valence-electron chi connectivity index (χ2n) is 5.72. The monoisotopic (exact) mass is 275 g/mol. The summed E-state index contributed by atoms with van der Waals surface area (Å²) in [6, 6.07) is 10.5. The molecule has 0 bridgehead atoms. The van der Waals surface area contributed by atoms with Gasteiger partial charge in [0.15, 0.2) is 0 Å². The Morgan fingerprint density at radius 2 is 2.05 bits per heavy atom. The summed E-state index contributed by atoms with van der Waals surface area (Å²) in [5.41, 5.74) is 1.04. The van der Waals surface area contributed by atoms with Gasteiger partial charge < -0.3 is 4.74 Å². The molecule has 20 heavy (non-hydrogen) atoms. The molecule has 0 aliphatic heterocycles. The van der Waals surface area contributed by atoms with Gasteiger partial charge in [0.05, 0.1) is 5.92 Å². The molecule has 1 atom stereocenters. The van der Waals surface area contributed by atoms with Gasteiger partial charge in [-0.25, -0.2) is 0 Å². The minimum Gasteiger partial charge on any atom is -0.461 e. The molecule has 0 spiro atoms. The summed E-state index contributed by atoms with van der Waals surface area (Å²) in [5, 5.41) is 0. The zero-order valence-corrected chi connectivity index (χ0v) is 12.5. The van der Waals surface area contributed by atoms with Crippen molar-refractivity contribution in [3.63, 3.8) is 0 Å². The molecule has 1 unspecified atom stereocenters. The molecule has 2 rings (SSSR count). The zero-order valence-electron chi connectivity index (χ0n) is 12.5. The lowest BCUT2D eigenvalue weighted by Gasteiger charge is -2.24. The molecule has 0 heterocycles. The number of hydrogen-bond donors (Lipinski definition) is 0. The van der Waals surface area contributed by atoms with E-state index in [1.807, 2.05) is 37.3 Å². The first-order valence-electron chi connectivity index (χ1n) is 7.65. The highest BCUT2D eigenvalue weighted by atomic mass is 16.5. The van der Waals surface area contributed by atoms with Crippen LogP contribution in [0.15, 0.2) is 30.3 Å². The fourth-order valence-electron chi connectivity index (χ4n) is 2.45. The molecule has 3 heteroatoms. The number of nitrogens with zero attached hydrogens (tertiary/aromatic N) is 1. The largest absolute Gasteiger partial charge is 0.461 e. The molecule has 1 saturated carbocycles. The minimum atomic E-state index is -0.0874. The molecule has 1 aliphatic rings. The molecule has 3 nitrogen and oxygen atoms in total. The van der Waals surface area contributed by atoms with Crippen molar-refractivity contribution in [2.45, 2.75) is 45.8 Å². The Morgan fingerprint density at radius 1 is 1.35 bits per heavy atom. The molecule has 0 aromatic heterocycles. The van der Waals surface area contributed by atoms with E-state index < -0.39 is 0 Å². The summed E-state index contributed by atoms with van der Waals surface area (Å²) in [6.07, 6.45) is 3.71. The normalized spacial score (nSPS) is 16.1. The van der Waals surface area contributed by atoms with Crippen LogP contribution in [0.25, 0.3) is 0 Å². The van der Waals surface area contributed by atoms with Crippen molar-refractivity contribution in [2.75, 3.05) is 13.1 Å². The highest BCUT2D eigenvalue weighted by Crippen LogP contribution is 2.27. The molecule has 0 amide bonds. The van der Waals surface area contributed by atoms with Crippen molar-refractivity contribution in [1.82, 2.24) is 4.90 Å². The maximum absolute atomic E-state index is 12.1. The molecule has 0 radical (unpaired) electrons. The lowest BCUT2D eigenvalue weighted by atomic mass is 10.1. The van der Waals surface area contributed by atoms with Gasteiger partial charge >= 0.3 is 5.97 Å². The first-order chi connectivity index (χ1) is 9.70. The Balaban J connectivity index is 1.76. The van der Waals surface area contributed by atoms with E-state index in [9.17, 15) is 4.79 Å². The van der Waals surface area contributed by atoms with Crippen LogP contribution in [-0.4, -0.2) is 30.0 Å². The zero-order chi connectivity index (χ0) is 14.4. The highest BCUT2D eigenvalue weighted by Gasteiger charge is 2.30. The molecular formula is C17H25NO2. The van der Waals surface area contributed by atoms with Crippen molar-refractivity contribution < 1.29 is 9.53 Å². The number of carbonyl (C=O) groups excluding carboxylic acids is 1. The second kappa shape index (κ2) is 7.44. The number of carbonyl (C=O) groups is 1. The van der Waals surface area contributed by atoms with Crippen LogP contribution in [0, 0.1) is 5.92 Å². The van der Waals surface area contributed by atoms with Crippen LogP contribution in [0.5, 0.6) is 0 Å². The molecule has 110 valence electrons. The molecule has 1 fully saturated rings. The summed E-state index contributed by atoms with van der Waals surface area (Å²) in [5.74, 6) is -0.138. The number of hydrogen-bond acceptors (Lipinski definition) is 3. The fourth-order valence-corrected chi connectivity index (χ4v) is 2.45. The molecule has 0 saturated heterocycles. The van der Waals surface area contributed by atoms with Crippen LogP contribution >= 0.6 is 0 Å². The van der Waals surface area contributed by atoms with Crippen LogP contribution in [0.2, 0.25) is 0 Å². The predicted octanol–water partition coefficient (Wildman–Crippen LogP) is 3.24. The van der Waals surface area contributed by atoms with Crippen molar-refractivity contribution in [3.8, 4) is 0 Å². The average molecular weight is 275 g/mol. The van der Waals surface area contributed by atoms with Crippen LogP contribution in [0.3, 0.4) is 0 Å². The van der Waals surface area contributed by atoms with Crippen molar-refractivity contribution in [3.05, 3.63) is 35.9 Å². The Labute approximate surface area is 121 Å². The lowest BCUT2D eigenvalue weighted by molar-refractivity contribution is -0.150. The van der Waals surface area contributed by atoms with Gasteiger partial charge in [-0.15, -0.1) is 0 Å². The van der Waals surface area contributed by atoms with Crippen molar-refractivity contribution in [2.24, 2.45) is 5.92 Å². The number of esters is 1. The lowest BCUT2D eigenvalue weighted by Crippen LogP contribution is -2.34. The topological polar surface area (TPSA) is 29.5 Å². The quantitative estimate of drug-likeness (QED) is 0.682. The molecule has 1 aromatic carbocycles. The smallest absolute Gasteiger partial charge is 0.310 e. The third kappa shape index (κ3) is 4.64. The third-order valence-corrected chi connectivity index (χ3v) is 3.71. The van der Waals surface area contributed by atoms with Gasteiger partial charge in [0.25, 0.3) is 0 Å². The van der Waals surface area contributed by atoms with Crippen molar-refractivity contribution in [1.29, 1.82) is 0 Å². The summed E-state index contributed by atoms with van der Waals surface area (Å²) < 4.78 is 5.40. The van der Waals surface area contributed by atoms with Crippen molar-refractivity contribution >= 4 is 5.97 Å². The Kier molecular flexibility index (Phi) is 5.60. The predicted molar refractivity (Wildman–Crippen MR) is 80.3 cm³/mol. The number of rotatable bonds is 8. The second-order valence-corrected chi connectivity index (χ2v) is 5.72. The number of benzene rings is 1. The molecule has 0 N–H and O–H groups in total. The molecule has 1 aromatic rings. The van der Waals surface area contributed by atoms with Crippen LogP contribution < -0.4 is 0 Å². The first kappa shape index (κ1) is 15.0. The molecular weight excluding hydrogens is 250 g/mol. The van der Waals surface area contributed by atoms with E-state index in [1.165, 1.54) is 12.8 Å². The van der Waals surface area contributed by atoms with Gasteiger partial charge in [-0.1, -0.05) is 44.2 Å². The maximum atomic E-state index is 12.1. The summed E-state index contributed by atoms with van der Waals surface area (Å²) in [7, 11) is 0. The average Bonchev–Trinajstić information content (AvgIpc) is 3.30. The summed E-state index contributed by atoms with van der Waals surface area (Å²) in [6.45, 7) is 6.44. The SMILES string of the molecule is CCCN(CC(C)C(=O)OCc1ccccc1)C1CC1. The van der Waals surface area contributed by atoms with Gasteiger partial charge in [-0.05, 0) is 31.4 Å². The minimum absolute atomic E-state index is 0.0501. The number of ether oxygens (including phenoxy) is 1. The van der Waals surface area contributed by atoms with Crippen LogP contribution in [0.1, 0.15) is 38.7 Å². The molecule has 1 aliphatic carbocycles. The van der Waals surface area contributed by atoms with Crippen LogP contribution in [-0.2, 0) is 16.1 Å². The van der Waals surface area contributed by atoms with Gasteiger partial charge in [-0.2, -0.15) is 0 Å². The first-order valence-corrected chi connectivity index (χ1v) is 7.65. The van der Waals surface area contributed by atoms with E-state index in [2.05, 4.69) is 11.8 Å². The Morgan fingerprint density at radius 3 is 2.65 bits per heavy atom. The standard InChI is InChI=1S/C17H25NO2/c1-3-11-18(16-9-10-16)12-14(2)17(19)20-13-15-7-5-4-6-8-15/h4-8,14,16H,3,9-13H2,1-2H3. The Bertz CT molecular complexity index is 414. The maximum Gasteiger partial charge on any atom is 0.310 e. The highest BCUT2D eigenvalue weighted by molar-refractivity contribution is 5.72. The fraction of sp³-hybridized carbons (Fsp3) is 0.588. The van der Waals surface area contributed by atoms with Gasteiger partial charge in [0.2, 0.25) is 0 Å². The van der Waals surface area contributed by atoms with Crippen LogP contribution in [0.4, 0.5) is 0 Å². The summed E-state index contributed by atoms with van der Waals surface area (Å²) in [4.78, 5) is 14.5. The van der Waals surface area contributed by atoms with E-state index in [4.69, 9.17) is 4.74 Å². The van der Waals surface area contributed by atoms with E-state index in [0.29, 0.717) is 12.6 Å². The van der Waals surface area contributed by atoms with E-state index in [0.717, 1.165) is 25.1 Å². The van der Waals surface area contributed by atoms with Gasteiger partial charge in [0.1, 0.15) is 6.61 Å². The third-order valence-electron chi connectivity index (χ3n) is 3.71. The summed E-state index contributed by atoms with van der Waals surface area (Å²) >= 11 is 0. The van der Waals surface area contributed by atoms with Gasteiger partial charge in [-0.3, -0.25) is 9.69 Å². The van der Waals surface area contributed by atoms with E-state index >= 15 is 0 Å². The Hall–Kier alpha value is -1.35. The van der Waals surface area contributed by atoms with Gasteiger partial charge in [0, 0.05) is 12.6 Å².